The van der Waals surface area contributed by atoms with Crippen LogP contribution in [0, 0.1) is 6.92 Å². The quantitative estimate of drug-likeness (QED) is 0.498. The second-order valence-electron chi connectivity index (χ2n) is 4.01. The van der Waals surface area contributed by atoms with Crippen LogP contribution in [0.2, 0.25) is 0 Å². The number of hydrogen-bond acceptors (Lipinski definition) is 2. The average Bonchev–Trinajstić information content (AvgIpc) is 2.40. The Morgan fingerprint density at radius 2 is 1.83 bits per heavy atom. The van der Waals surface area contributed by atoms with E-state index in [-0.39, 0.29) is 0 Å². The van der Waals surface area contributed by atoms with Crippen LogP contribution in [-0.4, -0.2) is 12.1 Å². The van der Waals surface area contributed by atoms with Gasteiger partial charge in [0.2, 0.25) is 0 Å². The molecule has 0 unspecified atom stereocenters. The lowest BCUT2D eigenvalue weighted by Crippen LogP contribution is -2.12. The lowest BCUT2D eigenvalue weighted by atomic mass is 10.2. The molecule has 2 aromatic rings. The minimum absolute atomic E-state index is 0.416. The summed E-state index contributed by atoms with van der Waals surface area (Å²) in [5.41, 5.74) is 8.91. The van der Waals surface area contributed by atoms with Crippen LogP contribution >= 0.6 is 0 Å². The SMILES string of the molecule is Cc1cccc(/C=N/N=C(/N)c2ccccc2)c1. The number of nitrogens with two attached hydrogens (primary N) is 1. The zero-order chi connectivity index (χ0) is 12.8. The van der Waals surface area contributed by atoms with E-state index >= 15 is 0 Å². The van der Waals surface area contributed by atoms with Gasteiger partial charge in [-0.25, -0.2) is 0 Å². The lowest BCUT2D eigenvalue weighted by Gasteiger charge is -1.97. The van der Waals surface area contributed by atoms with E-state index in [1.165, 1.54) is 5.56 Å². The molecule has 0 radical (unpaired) electrons. The molecule has 3 nitrogen and oxygen atoms in total. The largest absolute Gasteiger partial charge is 0.382 e. The van der Waals surface area contributed by atoms with Crippen molar-refractivity contribution in [2.45, 2.75) is 6.92 Å². The van der Waals surface area contributed by atoms with Gasteiger partial charge in [0, 0.05) is 5.56 Å². The van der Waals surface area contributed by atoms with Crippen molar-refractivity contribution in [3.8, 4) is 0 Å². The van der Waals surface area contributed by atoms with Gasteiger partial charge in [-0.1, -0.05) is 60.2 Å². The van der Waals surface area contributed by atoms with Crippen molar-refractivity contribution >= 4 is 12.1 Å². The highest BCUT2D eigenvalue weighted by atomic mass is 15.2. The number of hydrogen-bond donors (Lipinski definition) is 1. The van der Waals surface area contributed by atoms with Gasteiger partial charge in [0.25, 0.3) is 0 Å². The summed E-state index contributed by atoms with van der Waals surface area (Å²) in [4.78, 5) is 0. The summed E-state index contributed by atoms with van der Waals surface area (Å²) in [6, 6.07) is 17.6. The molecule has 90 valence electrons. The van der Waals surface area contributed by atoms with Crippen LogP contribution in [0.15, 0.2) is 64.8 Å². The number of nitrogens with zero attached hydrogens (tertiary/aromatic N) is 2. The van der Waals surface area contributed by atoms with Crippen molar-refractivity contribution < 1.29 is 0 Å². The first-order valence-electron chi connectivity index (χ1n) is 5.74. The van der Waals surface area contributed by atoms with Crippen LogP contribution in [0.25, 0.3) is 0 Å². The molecule has 18 heavy (non-hydrogen) atoms. The Morgan fingerprint density at radius 1 is 1.06 bits per heavy atom. The predicted molar refractivity (Wildman–Crippen MR) is 75.9 cm³/mol. The maximum absolute atomic E-state index is 5.83. The number of rotatable bonds is 3. The summed E-state index contributed by atoms with van der Waals surface area (Å²) in [5.74, 6) is 0.416. The van der Waals surface area contributed by atoms with Crippen LogP contribution in [0.4, 0.5) is 0 Å². The van der Waals surface area contributed by atoms with Crippen molar-refractivity contribution in [2.24, 2.45) is 15.9 Å². The number of amidine groups is 1. The monoisotopic (exact) mass is 237 g/mol. The van der Waals surface area contributed by atoms with Crippen molar-refractivity contribution in [1.82, 2.24) is 0 Å². The topological polar surface area (TPSA) is 50.7 Å². The van der Waals surface area contributed by atoms with Crippen LogP contribution in [0.1, 0.15) is 16.7 Å². The Bertz CT molecular complexity index is 571. The third-order valence-corrected chi connectivity index (χ3v) is 2.48. The first-order chi connectivity index (χ1) is 8.75. The molecule has 0 saturated carbocycles. The lowest BCUT2D eigenvalue weighted by molar-refractivity contribution is 1.23. The second-order valence-corrected chi connectivity index (χ2v) is 4.01. The van der Waals surface area contributed by atoms with Crippen LogP contribution in [0.3, 0.4) is 0 Å². The molecule has 0 bridgehead atoms. The first kappa shape index (κ1) is 12.0. The van der Waals surface area contributed by atoms with E-state index in [2.05, 4.69) is 10.2 Å². The molecule has 0 atom stereocenters. The number of aryl methyl sites for hydroxylation is 1. The van der Waals surface area contributed by atoms with E-state index in [1.807, 2.05) is 61.5 Å². The van der Waals surface area contributed by atoms with Crippen molar-refractivity contribution in [1.29, 1.82) is 0 Å². The normalized spacial score (nSPS) is 11.9. The van der Waals surface area contributed by atoms with Gasteiger partial charge in [-0.3, -0.25) is 0 Å². The highest BCUT2D eigenvalue weighted by Gasteiger charge is 1.94. The molecule has 0 aliphatic carbocycles. The van der Waals surface area contributed by atoms with Gasteiger partial charge in [-0.05, 0) is 12.5 Å². The highest BCUT2D eigenvalue weighted by molar-refractivity contribution is 5.97. The highest BCUT2D eigenvalue weighted by Crippen LogP contribution is 2.01. The Balaban J connectivity index is 2.11. The Morgan fingerprint density at radius 3 is 2.56 bits per heavy atom. The standard InChI is InChI=1S/C15H15N3/c1-12-6-5-7-13(10-12)11-17-18-15(16)14-8-3-2-4-9-14/h2-11H,1H3,(H2,16,18)/b17-11+. The van der Waals surface area contributed by atoms with Crippen molar-refractivity contribution in [2.75, 3.05) is 0 Å². The van der Waals surface area contributed by atoms with Crippen LogP contribution < -0.4 is 5.73 Å². The molecule has 0 amide bonds. The smallest absolute Gasteiger partial charge is 0.153 e. The third kappa shape index (κ3) is 3.28. The molecule has 2 N–H and O–H groups in total. The second kappa shape index (κ2) is 5.77. The van der Waals surface area contributed by atoms with E-state index in [0.29, 0.717) is 5.84 Å². The Labute approximate surface area is 107 Å². The molecule has 2 rings (SSSR count). The fourth-order valence-corrected chi connectivity index (χ4v) is 1.57. The molecule has 0 aliphatic heterocycles. The van der Waals surface area contributed by atoms with Gasteiger partial charge in [-0.15, -0.1) is 5.10 Å². The summed E-state index contributed by atoms with van der Waals surface area (Å²) in [6.07, 6.45) is 1.70. The minimum atomic E-state index is 0.416. The molecular weight excluding hydrogens is 222 g/mol. The average molecular weight is 237 g/mol. The van der Waals surface area contributed by atoms with Crippen molar-refractivity contribution in [3.05, 3.63) is 71.3 Å². The summed E-state index contributed by atoms with van der Waals surface area (Å²) in [7, 11) is 0. The molecule has 0 aliphatic rings. The van der Waals surface area contributed by atoms with Gasteiger partial charge >= 0.3 is 0 Å². The third-order valence-electron chi connectivity index (χ3n) is 2.48. The van der Waals surface area contributed by atoms with Crippen LogP contribution in [-0.2, 0) is 0 Å². The van der Waals surface area contributed by atoms with Gasteiger partial charge in [0.05, 0.1) is 6.21 Å². The summed E-state index contributed by atoms with van der Waals surface area (Å²) >= 11 is 0. The fourth-order valence-electron chi connectivity index (χ4n) is 1.57. The Hall–Kier alpha value is -2.42. The molecule has 0 fully saturated rings. The zero-order valence-electron chi connectivity index (χ0n) is 10.2. The van der Waals surface area contributed by atoms with Gasteiger partial charge in [0.1, 0.15) is 0 Å². The zero-order valence-corrected chi connectivity index (χ0v) is 10.2. The van der Waals surface area contributed by atoms with Crippen LogP contribution in [0.5, 0.6) is 0 Å². The number of benzene rings is 2. The predicted octanol–water partition coefficient (Wildman–Crippen LogP) is 2.73. The molecule has 0 heterocycles. The fraction of sp³-hybridized carbons (Fsp3) is 0.0667. The molecule has 0 spiro atoms. The minimum Gasteiger partial charge on any atom is -0.382 e. The van der Waals surface area contributed by atoms with E-state index in [9.17, 15) is 0 Å². The van der Waals surface area contributed by atoms with E-state index < -0.39 is 0 Å². The van der Waals surface area contributed by atoms with Gasteiger partial charge < -0.3 is 5.73 Å². The summed E-state index contributed by atoms with van der Waals surface area (Å²) < 4.78 is 0. The summed E-state index contributed by atoms with van der Waals surface area (Å²) in [5, 5.41) is 7.98. The molecule has 0 aromatic heterocycles. The van der Waals surface area contributed by atoms with E-state index in [0.717, 1.165) is 11.1 Å². The first-order valence-corrected chi connectivity index (χ1v) is 5.74. The summed E-state index contributed by atoms with van der Waals surface area (Å²) in [6.45, 7) is 2.04. The van der Waals surface area contributed by atoms with Gasteiger partial charge in [-0.2, -0.15) is 5.10 Å². The Kier molecular flexibility index (Phi) is 3.86. The van der Waals surface area contributed by atoms with Gasteiger partial charge in [0.15, 0.2) is 5.84 Å². The maximum atomic E-state index is 5.83. The van der Waals surface area contributed by atoms with E-state index in [1.54, 1.807) is 6.21 Å². The van der Waals surface area contributed by atoms with Crippen molar-refractivity contribution in [3.63, 3.8) is 0 Å². The molecular formula is C15H15N3. The maximum Gasteiger partial charge on any atom is 0.153 e. The molecule has 3 heteroatoms. The van der Waals surface area contributed by atoms with E-state index in [4.69, 9.17) is 5.73 Å². The molecule has 2 aromatic carbocycles. The molecule has 0 saturated heterocycles.